The molecule has 5 aromatic rings. The van der Waals surface area contributed by atoms with Crippen molar-refractivity contribution >= 4 is 33.4 Å². The van der Waals surface area contributed by atoms with Crippen molar-refractivity contribution in [2.45, 2.75) is 20.0 Å². The summed E-state index contributed by atoms with van der Waals surface area (Å²) in [6, 6.07) is 19.5. The van der Waals surface area contributed by atoms with Crippen molar-refractivity contribution < 1.29 is 9.53 Å². The van der Waals surface area contributed by atoms with Gasteiger partial charge >= 0.3 is 5.97 Å². The highest BCUT2D eigenvalue weighted by molar-refractivity contribution is 5.89. The number of fused-ring (bicyclic) bond motifs is 4. The molecule has 0 saturated heterocycles. The van der Waals surface area contributed by atoms with Gasteiger partial charge in [0, 0.05) is 7.05 Å². The molecule has 7 heteroatoms. The van der Waals surface area contributed by atoms with Gasteiger partial charge in [-0.1, -0.05) is 54.1 Å². The molecule has 0 aliphatic heterocycles. The van der Waals surface area contributed by atoms with E-state index in [4.69, 9.17) is 4.74 Å². The van der Waals surface area contributed by atoms with Crippen LogP contribution in [-0.2, 0) is 29.6 Å². The maximum Gasteiger partial charge on any atom is 0.310 e. The van der Waals surface area contributed by atoms with Crippen LogP contribution in [0.3, 0.4) is 0 Å². The third-order valence-electron chi connectivity index (χ3n) is 5.52. The number of rotatable bonds is 4. The van der Waals surface area contributed by atoms with Crippen LogP contribution in [0, 0.1) is 6.92 Å². The molecule has 2 aromatic heterocycles. The van der Waals surface area contributed by atoms with Crippen LogP contribution in [0.4, 0.5) is 0 Å². The number of aryl methyl sites for hydroxylation is 2. The number of nitrogens with zero attached hydrogens (tertiary/aromatic N) is 4. The summed E-state index contributed by atoms with van der Waals surface area (Å²) in [5.41, 5.74) is 2.45. The maximum atomic E-state index is 12.7. The van der Waals surface area contributed by atoms with Crippen molar-refractivity contribution in [1.29, 1.82) is 0 Å². The molecule has 0 atom stereocenters. The topological polar surface area (TPSA) is 78.5 Å². The monoisotopic (exact) mass is 412 g/mol. The van der Waals surface area contributed by atoms with Crippen molar-refractivity contribution in [3.8, 4) is 0 Å². The van der Waals surface area contributed by atoms with E-state index in [2.05, 4.69) is 10.2 Å². The number of carbonyl (C=O) groups is 1. The van der Waals surface area contributed by atoms with Gasteiger partial charge in [0.05, 0.1) is 17.3 Å². The minimum Gasteiger partial charge on any atom is -0.457 e. The van der Waals surface area contributed by atoms with Crippen LogP contribution in [0.1, 0.15) is 17.0 Å². The molecular formula is C24H20N4O3. The van der Waals surface area contributed by atoms with Gasteiger partial charge in [-0.05, 0) is 35.4 Å². The van der Waals surface area contributed by atoms with E-state index in [9.17, 15) is 9.59 Å². The van der Waals surface area contributed by atoms with E-state index in [1.54, 1.807) is 11.4 Å². The lowest BCUT2D eigenvalue weighted by Gasteiger charge is -2.09. The molecular weight excluding hydrogens is 392 g/mol. The van der Waals surface area contributed by atoms with Gasteiger partial charge in [-0.15, -0.1) is 10.2 Å². The Balaban J connectivity index is 1.45. The zero-order valence-electron chi connectivity index (χ0n) is 17.2. The Hall–Kier alpha value is -4.00. The Labute approximate surface area is 177 Å². The Kier molecular flexibility index (Phi) is 4.51. The molecule has 31 heavy (non-hydrogen) atoms. The number of hydrogen-bond donors (Lipinski definition) is 0. The first kappa shape index (κ1) is 19.0. The highest BCUT2D eigenvalue weighted by Gasteiger charge is 2.16. The van der Waals surface area contributed by atoms with Gasteiger partial charge in [0.1, 0.15) is 0 Å². The summed E-state index contributed by atoms with van der Waals surface area (Å²) in [7, 11) is 1.66. The van der Waals surface area contributed by atoms with E-state index in [1.807, 2.05) is 67.6 Å². The van der Waals surface area contributed by atoms with Crippen molar-refractivity contribution in [2.24, 2.45) is 7.05 Å². The fourth-order valence-corrected chi connectivity index (χ4v) is 3.95. The molecule has 0 radical (unpaired) electrons. The van der Waals surface area contributed by atoms with Crippen LogP contribution in [0.5, 0.6) is 0 Å². The number of esters is 1. The quantitative estimate of drug-likeness (QED) is 0.423. The molecule has 0 unspecified atom stereocenters. The highest BCUT2D eigenvalue weighted by atomic mass is 16.5. The average Bonchev–Trinajstić information content (AvgIpc) is 3.20. The van der Waals surface area contributed by atoms with E-state index in [0.29, 0.717) is 22.5 Å². The Bertz CT molecular complexity index is 1530. The van der Waals surface area contributed by atoms with Crippen LogP contribution in [0.15, 0.2) is 65.5 Å². The van der Waals surface area contributed by atoms with Crippen LogP contribution < -0.4 is 5.56 Å². The fraction of sp³-hybridized carbons (Fsp3) is 0.167. The summed E-state index contributed by atoms with van der Waals surface area (Å²) >= 11 is 0. The van der Waals surface area contributed by atoms with E-state index >= 15 is 0 Å². The molecule has 3 aromatic carbocycles. The molecule has 7 nitrogen and oxygen atoms in total. The Morgan fingerprint density at radius 2 is 1.81 bits per heavy atom. The van der Waals surface area contributed by atoms with Gasteiger partial charge in [0.15, 0.2) is 12.4 Å². The predicted molar refractivity (Wildman–Crippen MR) is 118 cm³/mol. The minimum atomic E-state index is -0.349. The van der Waals surface area contributed by atoms with Gasteiger partial charge in [-0.2, -0.15) is 0 Å². The molecule has 0 saturated carbocycles. The van der Waals surface area contributed by atoms with Gasteiger partial charge in [0.25, 0.3) is 5.56 Å². The van der Waals surface area contributed by atoms with Crippen molar-refractivity contribution in [3.63, 3.8) is 0 Å². The molecule has 0 bridgehead atoms. The summed E-state index contributed by atoms with van der Waals surface area (Å²) in [6.45, 7) is 1.90. The normalized spacial score (nSPS) is 11.4. The molecule has 5 rings (SSSR count). The second-order valence-electron chi connectivity index (χ2n) is 7.61. The number of benzene rings is 3. The SMILES string of the molecule is Cc1ccc2c(c1)c(=O)n(C)c1nnc(COC(=O)Cc3cccc4ccccc34)n21. The van der Waals surface area contributed by atoms with Gasteiger partial charge in [0.2, 0.25) is 5.78 Å². The standard InChI is InChI=1S/C24H20N4O3/c1-15-10-11-20-19(12-15)23(30)27(2)24-26-25-21(28(20)24)14-31-22(29)13-17-8-5-7-16-6-3-4-9-18(16)17/h3-12H,13-14H2,1-2H3. The van der Waals surface area contributed by atoms with Gasteiger partial charge in [-0.25, -0.2) is 0 Å². The zero-order chi connectivity index (χ0) is 21.5. The summed E-state index contributed by atoms with van der Waals surface area (Å²) in [5, 5.41) is 11.0. The van der Waals surface area contributed by atoms with Crippen LogP contribution >= 0.6 is 0 Å². The third kappa shape index (κ3) is 3.24. The first-order valence-corrected chi connectivity index (χ1v) is 9.98. The first-order chi connectivity index (χ1) is 15.0. The van der Waals surface area contributed by atoms with Gasteiger partial charge in [-0.3, -0.25) is 18.6 Å². The summed E-state index contributed by atoms with van der Waals surface area (Å²) in [5.74, 6) is 0.519. The largest absolute Gasteiger partial charge is 0.457 e. The van der Waals surface area contributed by atoms with E-state index in [1.165, 1.54) is 4.57 Å². The van der Waals surface area contributed by atoms with E-state index < -0.39 is 0 Å². The second-order valence-corrected chi connectivity index (χ2v) is 7.61. The minimum absolute atomic E-state index is 0.0358. The molecule has 0 fully saturated rings. The Morgan fingerprint density at radius 1 is 1.00 bits per heavy atom. The number of carbonyl (C=O) groups excluding carboxylic acids is 1. The molecule has 0 aliphatic rings. The molecule has 154 valence electrons. The average molecular weight is 412 g/mol. The van der Waals surface area contributed by atoms with Crippen LogP contribution in [0.2, 0.25) is 0 Å². The molecule has 2 heterocycles. The molecule has 0 spiro atoms. The van der Waals surface area contributed by atoms with Gasteiger partial charge < -0.3 is 4.74 Å². The zero-order valence-corrected chi connectivity index (χ0v) is 17.2. The summed E-state index contributed by atoms with van der Waals surface area (Å²) in [4.78, 5) is 25.3. The summed E-state index contributed by atoms with van der Waals surface area (Å²) < 4.78 is 8.76. The smallest absolute Gasteiger partial charge is 0.310 e. The lowest BCUT2D eigenvalue weighted by Crippen LogP contribution is -2.20. The lowest BCUT2D eigenvalue weighted by molar-refractivity contribution is -0.144. The third-order valence-corrected chi connectivity index (χ3v) is 5.52. The maximum absolute atomic E-state index is 12.7. The highest BCUT2D eigenvalue weighted by Crippen LogP contribution is 2.20. The predicted octanol–water partition coefficient (Wildman–Crippen LogP) is 3.33. The fourth-order valence-electron chi connectivity index (χ4n) is 3.95. The number of hydrogen-bond acceptors (Lipinski definition) is 5. The lowest BCUT2D eigenvalue weighted by atomic mass is 10.0. The number of ether oxygens (including phenoxy) is 1. The summed E-state index contributed by atoms with van der Waals surface area (Å²) in [6.07, 6.45) is 0.163. The van der Waals surface area contributed by atoms with E-state index in [0.717, 1.165) is 21.9 Å². The molecule has 0 amide bonds. The Morgan fingerprint density at radius 3 is 2.68 bits per heavy atom. The number of aromatic nitrogens is 4. The molecule has 0 aliphatic carbocycles. The van der Waals surface area contributed by atoms with Crippen LogP contribution in [0.25, 0.3) is 27.5 Å². The van der Waals surface area contributed by atoms with Crippen molar-refractivity contribution in [3.05, 3.63) is 88.0 Å². The van der Waals surface area contributed by atoms with E-state index in [-0.39, 0.29) is 24.6 Å². The van der Waals surface area contributed by atoms with Crippen molar-refractivity contribution in [1.82, 2.24) is 19.2 Å². The second kappa shape index (κ2) is 7.36. The first-order valence-electron chi connectivity index (χ1n) is 9.98. The van der Waals surface area contributed by atoms with Crippen molar-refractivity contribution in [2.75, 3.05) is 0 Å². The molecule has 0 N–H and O–H groups in total. The van der Waals surface area contributed by atoms with Crippen LogP contribution in [-0.4, -0.2) is 25.1 Å².